The van der Waals surface area contributed by atoms with Gasteiger partial charge in [0.25, 0.3) is 0 Å². The second-order valence-electron chi connectivity index (χ2n) is 5.85. The van der Waals surface area contributed by atoms with Crippen LogP contribution in [-0.2, 0) is 10.0 Å². The molecule has 0 N–H and O–H groups in total. The lowest BCUT2D eigenvalue weighted by Crippen LogP contribution is -2.42. The third-order valence-electron chi connectivity index (χ3n) is 4.17. The molecule has 25 heavy (non-hydrogen) atoms. The van der Waals surface area contributed by atoms with E-state index in [2.05, 4.69) is 38.7 Å². The van der Waals surface area contributed by atoms with Crippen LogP contribution in [0.1, 0.15) is 26.2 Å². The predicted molar refractivity (Wildman–Crippen MR) is 110 cm³/mol. The number of hydrogen-bond donors (Lipinski definition) is 0. The molecule has 0 bridgehead atoms. The fourth-order valence-electron chi connectivity index (χ4n) is 3.06. The Kier molecular flexibility index (Phi) is 6.92. The predicted octanol–water partition coefficient (Wildman–Crippen LogP) is 4.79. The topological polar surface area (TPSA) is 86.1 Å². The Bertz CT molecular complexity index is 842. The van der Waals surface area contributed by atoms with Crippen molar-refractivity contribution in [3.05, 3.63) is 61.6 Å². The van der Waals surface area contributed by atoms with Gasteiger partial charge in [-0.3, -0.25) is 4.31 Å². The number of sulfonamides is 1. The fraction of sp³-hybridized carbons (Fsp3) is 0.412. The van der Waals surface area contributed by atoms with E-state index in [1.54, 1.807) is 0 Å². The molecule has 1 aliphatic rings. The van der Waals surface area contributed by atoms with Crippen molar-refractivity contribution in [1.29, 1.82) is 0 Å². The summed E-state index contributed by atoms with van der Waals surface area (Å²) in [4.78, 5) is 2.80. The van der Waals surface area contributed by atoms with E-state index in [0.29, 0.717) is 25.1 Å². The standard InChI is InChI=1S/C17H21IN4O2S/c1-3-13-8-9-16(14(12-13)10-11-20-21-19)22(25(2,23)24)17-7-5-4-6-15(17)18/h3-7,12,16H,8-11H2,1-2H3/b13-3+. The molecule has 6 nitrogen and oxygen atoms in total. The molecule has 0 aliphatic heterocycles. The molecule has 8 heteroatoms. The van der Waals surface area contributed by atoms with Gasteiger partial charge in [0.1, 0.15) is 0 Å². The second kappa shape index (κ2) is 8.73. The van der Waals surface area contributed by atoms with Crippen molar-refractivity contribution in [3.63, 3.8) is 0 Å². The number of halogens is 1. The van der Waals surface area contributed by atoms with E-state index in [4.69, 9.17) is 5.53 Å². The average molecular weight is 472 g/mol. The molecule has 1 atom stereocenters. The van der Waals surface area contributed by atoms with E-state index in [1.165, 1.54) is 16.1 Å². The summed E-state index contributed by atoms with van der Waals surface area (Å²) in [6, 6.07) is 7.21. The third kappa shape index (κ3) is 4.99. The summed E-state index contributed by atoms with van der Waals surface area (Å²) in [5.74, 6) is 0. The number of para-hydroxylation sites is 1. The van der Waals surface area contributed by atoms with Gasteiger partial charge in [0.05, 0.1) is 18.0 Å². The first-order chi connectivity index (χ1) is 11.9. The molecule has 1 aromatic rings. The Morgan fingerprint density at radius 2 is 2.16 bits per heavy atom. The maximum Gasteiger partial charge on any atom is 0.232 e. The minimum Gasteiger partial charge on any atom is -0.262 e. The van der Waals surface area contributed by atoms with E-state index in [-0.39, 0.29) is 6.04 Å². The van der Waals surface area contributed by atoms with Crippen LogP contribution in [0.3, 0.4) is 0 Å². The fourth-order valence-corrected chi connectivity index (χ4v) is 5.09. The summed E-state index contributed by atoms with van der Waals surface area (Å²) in [6.45, 7) is 2.30. The molecule has 134 valence electrons. The van der Waals surface area contributed by atoms with E-state index in [0.717, 1.165) is 15.6 Å². The molecule has 0 amide bonds. The van der Waals surface area contributed by atoms with Gasteiger partial charge in [-0.25, -0.2) is 8.42 Å². The van der Waals surface area contributed by atoms with Crippen molar-refractivity contribution >= 4 is 38.3 Å². The van der Waals surface area contributed by atoms with Crippen molar-refractivity contribution < 1.29 is 8.42 Å². The molecule has 1 aliphatic carbocycles. The molecule has 0 heterocycles. The second-order valence-corrected chi connectivity index (χ2v) is 8.87. The van der Waals surface area contributed by atoms with Crippen molar-refractivity contribution in [1.82, 2.24) is 0 Å². The minimum atomic E-state index is -3.46. The van der Waals surface area contributed by atoms with Crippen molar-refractivity contribution in [3.8, 4) is 0 Å². The van der Waals surface area contributed by atoms with Gasteiger partial charge in [0.15, 0.2) is 0 Å². The first-order valence-electron chi connectivity index (χ1n) is 7.99. The summed E-state index contributed by atoms with van der Waals surface area (Å²) in [5.41, 5.74) is 11.4. The molecular formula is C17H21IN4O2S. The molecule has 0 aromatic heterocycles. The van der Waals surface area contributed by atoms with Crippen LogP contribution in [0.4, 0.5) is 5.69 Å². The molecule has 2 rings (SSSR count). The first kappa shape index (κ1) is 19.8. The lowest BCUT2D eigenvalue weighted by atomic mass is 9.88. The third-order valence-corrected chi connectivity index (χ3v) is 6.25. The van der Waals surface area contributed by atoms with E-state index < -0.39 is 10.0 Å². The van der Waals surface area contributed by atoms with E-state index in [9.17, 15) is 8.42 Å². The zero-order valence-electron chi connectivity index (χ0n) is 14.3. The number of benzene rings is 1. The first-order valence-corrected chi connectivity index (χ1v) is 10.9. The van der Waals surface area contributed by atoms with Crippen LogP contribution in [-0.4, -0.2) is 27.3 Å². The number of rotatable bonds is 6. The highest BCUT2D eigenvalue weighted by Gasteiger charge is 2.32. The molecule has 0 radical (unpaired) electrons. The van der Waals surface area contributed by atoms with Gasteiger partial charge in [-0.2, -0.15) is 0 Å². The van der Waals surface area contributed by atoms with Gasteiger partial charge >= 0.3 is 0 Å². The van der Waals surface area contributed by atoms with E-state index >= 15 is 0 Å². The Hall–Kier alpha value is -1.51. The van der Waals surface area contributed by atoms with Crippen molar-refractivity contribution in [2.45, 2.75) is 32.2 Å². The zero-order valence-corrected chi connectivity index (χ0v) is 17.2. The number of hydrogen-bond acceptors (Lipinski definition) is 3. The van der Waals surface area contributed by atoms with Crippen LogP contribution in [0.5, 0.6) is 0 Å². The Balaban J connectivity index is 2.51. The number of nitrogens with zero attached hydrogens (tertiary/aromatic N) is 4. The average Bonchev–Trinajstić information content (AvgIpc) is 2.57. The van der Waals surface area contributed by atoms with Gasteiger partial charge in [-0.05, 0) is 72.0 Å². The van der Waals surface area contributed by atoms with Gasteiger partial charge in [0.2, 0.25) is 10.0 Å². The van der Waals surface area contributed by atoms with Gasteiger partial charge in [-0.1, -0.05) is 35.0 Å². The Labute approximate surface area is 162 Å². The molecular weight excluding hydrogens is 451 g/mol. The molecule has 1 unspecified atom stereocenters. The van der Waals surface area contributed by atoms with Crippen molar-refractivity contribution in [2.24, 2.45) is 5.11 Å². The summed E-state index contributed by atoms with van der Waals surface area (Å²) in [5, 5.41) is 3.61. The summed E-state index contributed by atoms with van der Waals surface area (Å²) in [7, 11) is -3.46. The molecule has 0 fully saturated rings. The van der Waals surface area contributed by atoms with Crippen LogP contribution in [0.15, 0.2) is 52.7 Å². The highest BCUT2D eigenvalue weighted by Crippen LogP contribution is 2.35. The highest BCUT2D eigenvalue weighted by molar-refractivity contribution is 14.1. The van der Waals surface area contributed by atoms with Crippen LogP contribution in [0, 0.1) is 3.57 Å². The number of azide groups is 1. The van der Waals surface area contributed by atoms with E-state index in [1.807, 2.05) is 37.3 Å². The van der Waals surface area contributed by atoms with Crippen molar-refractivity contribution in [2.75, 3.05) is 17.1 Å². The Morgan fingerprint density at radius 1 is 1.44 bits per heavy atom. The summed E-state index contributed by atoms with van der Waals surface area (Å²) in [6.07, 6.45) is 7.41. The normalized spacial score (nSPS) is 19.2. The smallest absolute Gasteiger partial charge is 0.232 e. The SMILES string of the molecule is C/C=C1/C=C(CCN=[N+]=[N-])C(N(c2ccccc2I)S(C)(=O)=O)CC1. The highest BCUT2D eigenvalue weighted by atomic mass is 127. The Morgan fingerprint density at radius 3 is 2.76 bits per heavy atom. The molecule has 1 aromatic carbocycles. The monoisotopic (exact) mass is 472 g/mol. The summed E-state index contributed by atoms with van der Waals surface area (Å²) < 4.78 is 27.6. The maximum atomic E-state index is 12.6. The largest absolute Gasteiger partial charge is 0.262 e. The quantitative estimate of drug-likeness (QED) is 0.258. The molecule has 0 saturated carbocycles. The number of allylic oxidation sites excluding steroid dienone is 3. The van der Waals surface area contributed by atoms with Gasteiger partial charge < -0.3 is 0 Å². The zero-order chi connectivity index (χ0) is 18.4. The van der Waals surface area contributed by atoms with Gasteiger partial charge in [-0.15, -0.1) is 0 Å². The van der Waals surface area contributed by atoms with Crippen LogP contribution < -0.4 is 4.31 Å². The lowest BCUT2D eigenvalue weighted by Gasteiger charge is -2.36. The van der Waals surface area contributed by atoms with Crippen LogP contribution in [0.25, 0.3) is 10.4 Å². The van der Waals surface area contributed by atoms with Crippen LogP contribution in [0.2, 0.25) is 0 Å². The minimum absolute atomic E-state index is 0.261. The lowest BCUT2D eigenvalue weighted by molar-refractivity contribution is 0.573. The maximum absolute atomic E-state index is 12.6. The number of anilines is 1. The van der Waals surface area contributed by atoms with Gasteiger partial charge in [0, 0.05) is 15.0 Å². The van der Waals surface area contributed by atoms with Crippen LogP contribution >= 0.6 is 22.6 Å². The molecule has 0 saturated heterocycles. The summed E-state index contributed by atoms with van der Waals surface area (Å²) >= 11 is 2.16. The molecule has 0 spiro atoms.